The molecule has 160 valence electrons. The third-order valence-electron chi connectivity index (χ3n) is 4.59. The summed E-state index contributed by atoms with van der Waals surface area (Å²) >= 11 is 0. The minimum Gasteiger partial charge on any atom is -0.465 e. The fourth-order valence-corrected chi connectivity index (χ4v) is 3.07. The van der Waals surface area contributed by atoms with Crippen LogP contribution in [0.5, 0.6) is 0 Å². The fourth-order valence-electron chi connectivity index (χ4n) is 3.07. The number of carbonyl (C=O) groups excluding carboxylic acids is 3. The van der Waals surface area contributed by atoms with Crippen molar-refractivity contribution < 1.29 is 28.6 Å². The Morgan fingerprint density at radius 1 is 1.17 bits per heavy atom. The Labute approximate surface area is 171 Å². The van der Waals surface area contributed by atoms with Crippen LogP contribution < -0.4 is 10.6 Å². The number of rotatable bonds is 5. The first-order valence-electron chi connectivity index (χ1n) is 9.64. The minimum atomic E-state index is -1.19. The third-order valence-corrected chi connectivity index (χ3v) is 4.59. The van der Waals surface area contributed by atoms with Gasteiger partial charge in [0.1, 0.15) is 11.1 Å². The Morgan fingerprint density at radius 3 is 2.34 bits per heavy atom. The van der Waals surface area contributed by atoms with Crippen molar-refractivity contribution in [3.63, 3.8) is 0 Å². The van der Waals surface area contributed by atoms with Crippen LogP contribution in [0.2, 0.25) is 0 Å². The summed E-state index contributed by atoms with van der Waals surface area (Å²) in [6.45, 7) is 7.72. The van der Waals surface area contributed by atoms with Crippen molar-refractivity contribution in [3.05, 3.63) is 35.4 Å². The van der Waals surface area contributed by atoms with Crippen LogP contribution in [0.3, 0.4) is 0 Å². The van der Waals surface area contributed by atoms with Crippen LogP contribution in [-0.2, 0) is 19.0 Å². The van der Waals surface area contributed by atoms with Gasteiger partial charge in [0.2, 0.25) is 5.91 Å². The number of benzene rings is 1. The van der Waals surface area contributed by atoms with Gasteiger partial charge in [-0.05, 0) is 58.2 Å². The van der Waals surface area contributed by atoms with Crippen molar-refractivity contribution in [1.29, 1.82) is 0 Å². The monoisotopic (exact) mass is 406 g/mol. The van der Waals surface area contributed by atoms with E-state index in [4.69, 9.17) is 14.2 Å². The molecule has 2 N–H and O–H groups in total. The highest BCUT2D eigenvalue weighted by Crippen LogP contribution is 2.23. The van der Waals surface area contributed by atoms with Crippen molar-refractivity contribution in [2.24, 2.45) is 0 Å². The quantitative estimate of drug-likeness (QED) is 0.729. The molecule has 8 nitrogen and oxygen atoms in total. The predicted molar refractivity (Wildman–Crippen MR) is 106 cm³/mol. The highest BCUT2D eigenvalue weighted by molar-refractivity contribution is 5.91. The Bertz CT molecular complexity index is 733. The lowest BCUT2D eigenvalue weighted by Gasteiger charge is -2.37. The summed E-state index contributed by atoms with van der Waals surface area (Å²) in [6, 6.07) is 6.45. The molecule has 8 heteroatoms. The van der Waals surface area contributed by atoms with Gasteiger partial charge in [-0.1, -0.05) is 12.1 Å². The van der Waals surface area contributed by atoms with Gasteiger partial charge in [-0.15, -0.1) is 0 Å². The molecule has 1 fully saturated rings. The lowest BCUT2D eigenvalue weighted by Crippen LogP contribution is -2.63. The van der Waals surface area contributed by atoms with Gasteiger partial charge in [-0.2, -0.15) is 0 Å². The molecule has 0 bridgehead atoms. The van der Waals surface area contributed by atoms with Gasteiger partial charge in [0, 0.05) is 6.61 Å². The molecule has 1 heterocycles. The molecule has 0 aromatic heterocycles. The summed E-state index contributed by atoms with van der Waals surface area (Å²) in [7, 11) is 1.32. The number of carbonyl (C=O) groups is 3. The van der Waals surface area contributed by atoms with Gasteiger partial charge in [-0.3, -0.25) is 4.79 Å². The topological polar surface area (TPSA) is 103 Å². The molecule has 2 amide bonds. The number of methoxy groups -OCH3 is 1. The first-order chi connectivity index (χ1) is 13.6. The zero-order chi connectivity index (χ0) is 21.7. The number of esters is 1. The number of hydrogen-bond acceptors (Lipinski definition) is 6. The van der Waals surface area contributed by atoms with Gasteiger partial charge < -0.3 is 24.8 Å². The summed E-state index contributed by atoms with van der Waals surface area (Å²) in [5, 5.41) is 5.65. The lowest BCUT2D eigenvalue weighted by atomic mass is 9.90. The van der Waals surface area contributed by atoms with Gasteiger partial charge in [0.05, 0.1) is 25.3 Å². The summed E-state index contributed by atoms with van der Waals surface area (Å²) in [6.07, 6.45) is 0.436. The Balaban J connectivity index is 2.10. The predicted octanol–water partition coefficient (Wildman–Crippen LogP) is 2.72. The normalized spacial score (nSPS) is 20.3. The van der Waals surface area contributed by atoms with Crippen LogP contribution in [0.25, 0.3) is 0 Å². The molecule has 1 aromatic carbocycles. The Hall–Kier alpha value is -2.61. The van der Waals surface area contributed by atoms with E-state index in [0.717, 1.165) is 5.56 Å². The second kappa shape index (κ2) is 9.26. The lowest BCUT2D eigenvalue weighted by molar-refractivity contribution is -0.134. The molecule has 2 atom stereocenters. The van der Waals surface area contributed by atoms with Crippen LogP contribution in [0, 0.1) is 0 Å². The maximum atomic E-state index is 13.1. The molecule has 0 spiro atoms. The van der Waals surface area contributed by atoms with Crippen molar-refractivity contribution in [2.75, 3.05) is 20.3 Å². The highest BCUT2D eigenvalue weighted by atomic mass is 16.6. The van der Waals surface area contributed by atoms with E-state index in [-0.39, 0.29) is 18.6 Å². The van der Waals surface area contributed by atoms with Gasteiger partial charge in [-0.25, -0.2) is 9.59 Å². The zero-order valence-electron chi connectivity index (χ0n) is 17.7. The van der Waals surface area contributed by atoms with E-state index in [1.54, 1.807) is 45.0 Å². The largest absolute Gasteiger partial charge is 0.465 e. The minimum absolute atomic E-state index is 0.0755. The van der Waals surface area contributed by atoms with E-state index >= 15 is 0 Å². The van der Waals surface area contributed by atoms with Crippen LogP contribution in [-0.4, -0.2) is 49.4 Å². The SMILES string of the molecule is COC(=O)c1ccc([C@H](C)NC(=O)C2(NC(=O)OC(C)(C)C)CCCOC2)cc1. The molecular weight excluding hydrogens is 376 g/mol. The van der Waals surface area contributed by atoms with Crippen LogP contribution in [0.15, 0.2) is 24.3 Å². The molecule has 0 aliphatic carbocycles. The standard InChI is InChI=1S/C21H30N2O6/c1-14(15-7-9-16(10-8-15)17(24)27-5)22-18(25)21(11-6-12-28-13-21)23-19(26)29-20(2,3)4/h7-10,14H,6,11-13H2,1-5H3,(H,22,25)(H,23,26)/t14-,21?/m0/s1. The summed E-state index contributed by atoms with van der Waals surface area (Å²) < 4.78 is 15.5. The molecule has 1 saturated heterocycles. The molecular formula is C21H30N2O6. The molecule has 1 aromatic rings. The van der Waals surface area contributed by atoms with Crippen molar-refractivity contribution in [2.45, 2.75) is 57.7 Å². The maximum absolute atomic E-state index is 13.1. The second-order valence-corrected chi connectivity index (χ2v) is 8.17. The molecule has 0 saturated carbocycles. The van der Waals surface area contributed by atoms with E-state index in [2.05, 4.69) is 10.6 Å². The van der Waals surface area contributed by atoms with Crippen LogP contribution >= 0.6 is 0 Å². The van der Waals surface area contributed by atoms with Crippen LogP contribution in [0.4, 0.5) is 4.79 Å². The zero-order valence-corrected chi connectivity index (χ0v) is 17.7. The Kier molecular flexibility index (Phi) is 7.24. The van der Waals surface area contributed by atoms with Crippen molar-refractivity contribution in [1.82, 2.24) is 10.6 Å². The highest BCUT2D eigenvalue weighted by Gasteiger charge is 2.43. The molecule has 2 rings (SSSR count). The first-order valence-corrected chi connectivity index (χ1v) is 9.64. The van der Waals surface area contributed by atoms with Gasteiger partial charge in [0.15, 0.2) is 0 Å². The van der Waals surface area contributed by atoms with Crippen molar-refractivity contribution >= 4 is 18.0 Å². The maximum Gasteiger partial charge on any atom is 0.408 e. The van der Waals surface area contributed by atoms with E-state index in [1.165, 1.54) is 7.11 Å². The molecule has 1 aliphatic heterocycles. The Morgan fingerprint density at radius 2 is 1.83 bits per heavy atom. The fraction of sp³-hybridized carbons (Fsp3) is 0.571. The van der Waals surface area contributed by atoms with E-state index in [1.807, 2.05) is 6.92 Å². The van der Waals surface area contributed by atoms with E-state index in [9.17, 15) is 14.4 Å². The number of amides is 2. The van der Waals surface area contributed by atoms with Gasteiger partial charge >= 0.3 is 12.1 Å². The number of alkyl carbamates (subject to hydrolysis) is 1. The second-order valence-electron chi connectivity index (χ2n) is 8.17. The number of ether oxygens (including phenoxy) is 3. The van der Waals surface area contributed by atoms with Crippen LogP contribution in [0.1, 0.15) is 62.5 Å². The smallest absolute Gasteiger partial charge is 0.408 e. The number of nitrogens with one attached hydrogen (secondary N) is 2. The van der Waals surface area contributed by atoms with Gasteiger partial charge in [0.25, 0.3) is 0 Å². The van der Waals surface area contributed by atoms with E-state index in [0.29, 0.717) is 25.0 Å². The summed E-state index contributed by atoms with van der Waals surface area (Å²) in [5.41, 5.74) is -0.624. The average molecular weight is 406 g/mol. The number of hydrogen-bond donors (Lipinski definition) is 2. The summed E-state index contributed by atoms with van der Waals surface area (Å²) in [4.78, 5) is 37.0. The summed E-state index contributed by atoms with van der Waals surface area (Å²) in [5.74, 6) is -0.763. The average Bonchev–Trinajstić information content (AvgIpc) is 2.66. The van der Waals surface area contributed by atoms with Crippen molar-refractivity contribution in [3.8, 4) is 0 Å². The third kappa shape index (κ3) is 6.19. The molecule has 0 radical (unpaired) electrons. The molecule has 1 unspecified atom stereocenters. The molecule has 1 aliphatic rings. The molecule has 29 heavy (non-hydrogen) atoms. The van der Waals surface area contributed by atoms with E-state index < -0.39 is 23.2 Å². The first kappa shape index (κ1) is 22.7.